The van der Waals surface area contributed by atoms with E-state index in [1.807, 2.05) is 139 Å². The van der Waals surface area contributed by atoms with E-state index >= 15 is 0 Å². The van der Waals surface area contributed by atoms with Gasteiger partial charge in [-0.15, -0.1) is 0 Å². The number of ether oxygens (including phenoxy) is 6. The molecule has 2 amide bonds. The largest absolute Gasteiger partial charge is 0.462 e. The Morgan fingerprint density at radius 2 is 0.699 bits per heavy atom. The molecule has 0 saturated carbocycles. The van der Waals surface area contributed by atoms with Crippen molar-refractivity contribution in [2.45, 2.75) is 308 Å². The molecular formula is C99H145F14I3N10O17. The van der Waals surface area contributed by atoms with Gasteiger partial charge in [-0.05, 0) is 333 Å². The van der Waals surface area contributed by atoms with Crippen molar-refractivity contribution >= 4 is 141 Å². The molecule has 44 heteroatoms. The number of nitrogens with zero attached hydrogens (tertiary/aromatic N) is 2. The number of alkyl halides is 10. The highest BCUT2D eigenvalue weighted by Gasteiger charge is 2.56. The van der Waals surface area contributed by atoms with E-state index in [4.69, 9.17) is 31.4 Å². The van der Waals surface area contributed by atoms with Gasteiger partial charge in [0.25, 0.3) is 19.4 Å². The number of alkyl carbamates (subject to hydrolysis) is 1. The number of hydrogen-bond acceptors (Lipinski definition) is 25. The molecule has 0 aliphatic carbocycles. The van der Waals surface area contributed by atoms with Crippen molar-refractivity contribution < 1.29 is 144 Å². The number of benzene rings is 5. The highest BCUT2D eigenvalue weighted by Crippen LogP contribution is 2.44. The summed E-state index contributed by atoms with van der Waals surface area (Å²) in [6.45, 7) is 32.7. The maximum absolute atomic E-state index is 14.8. The fourth-order valence-corrected chi connectivity index (χ4v) is 12.5. The first-order valence-corrected chi connectivity index (χ1v) is 47.4. The number of primary amides is 1. The molecule has 8 atom stereocenters. The lowest BCUT2D eigenvalue weighted by atomic mass is 9.77. The minimum atomic E-state index is -4.92. The molecule has 5 aromatic rings. The predicted molar refractivity (Wildman–Crippen MR) is 549 cm³/mol. The maximum atomic E-state index is 14.8. The molecule has 0 aromatic heterocycles. The predicted octanol–water partition coefficient (Wildman–Crippen LogP) is 21.0. The van der Waals surface area contributed by atoms with Gasteiger partial charge in [-0.25, -0.2) is 32.3 Å². The van der Waals surface area contributed by atoms with Gasteiger partial charge in [-0.3, -0.25) is 33.6 Å². The van der Waals surface area contributed by atoms with E-state index in [1.54, 1.807) is 45.0 Å². The smallest absolute Gasteiger partial charge is 0.408 e. The molecule has 5 aromatic carbocycles. The van der Waals surface area contributed by atoms with Crippen LogP contribution in [0.3, 0.4) is 0 Å². The molecular weight excluding hydrogens is 2250 g/mol. The molecule has 0 saturated heterocycles. The van der Waals surface area contributed by atoms with E-state index in [1.165, 1.54) is 31.3 Å². The third kappa shape index (κ3) is 62.1. The number of carbonyl (C=O) groups is 8. The van der Waals surface area contributed by atoms with Crippen LogP contribution in [0.15, 0.2) is 119 Å². The van der Waals surface area contributed by atoms with Crippen molar-refractivity contribution in [2.75, 3.05) is 13.1 Å². The number of Topliss-reactive ketones (excluding diaryl/α,β-unsaturated/α-hetero) is 1. The minimum absolute atomic E-state index is 0. The Morgan fingerprint density at radius 1 is 0.427 bits per heavy atom. The van der Waals surface area contributed by atoms with Crippen LogP contribution in [-0.2, 0) is 94.3 Å². The number of allylic oxidation sites excluding steroid dienone is 2. The number of amides is 2. The zero-order valence-electron chi connectivity index (χ0n) is 85.4. The average Bonchev–Trinajstić information content (AvgIpc) is 0.778. The van der Waals surface area contributed by atoms with E-state index in [0.717, 1.165) is 88.6 Å². The summed E-state index contributed by atoms with van der Waals surface area (Å²) in [6, 6.07) is 24.5. The highest BCUT2D eigenvalue weighted by atomic mass is 127. The third-order valence-corrected chi connectivity index (χ3v) is 21.6. The van der Waals surface area contributed by atoms with Gasteiger partial charge in [0.15, 0.2) is 5.78 Å². The van der Waals surface area contributed by atoms with Crippen molar-refractivity contribution in [3.8, 4) is 0 Å². The summed E-state index contributed by atoms with van der Waals surface area (Å²) in [6.07, 6.45) is -8.66. The second kappa shape index (κ2) is 65.0. The third-order valence-electron chi connectivity index (χ3n) is 19.5. The molecule has 0 fully saturated rings. The number of aliphatic hydroxyl groups excluding tert-OH is 3. The quantitative estimate of drug-likeness (QED) is 0.00332. The number of nitrogens with two attached hydrogens (primary N) is 3. The summed E-state index contributed by atoms with van der Waals surface area (Å²) in [5.74, 6) is -9.32. The molecule has 0 aliphatic heterocycles. The molecule has 0 unspecified atom stereocenters. The Kier molecular flexibility index (Phi) is 63.9. The van der Waals surface area contributed by atoms with Crippen molar-refractivity contribution in [1.82, 2.24) is 28.3 Å². The summed E-state index contributed by atoms with van der Waals surface area (Å²) in [7, 11) is 0. The number of aliphatic hydroxyl groups is 3. The molecule has 812 valence electrons. The first kappa shape index (κ1) is 140. The number of halogens is 17. The van der Waals surface area contributed by atoms with Crippen LogP contribution in [0.2, 0.25) is 0 Å². The summed E-state index contributed by atoms with van der Waals surface area (Å²) in [4.78, 5) is 95.5. The Labute approximate surface area is 871 Å². The Hall–Kier alpha value is -8.79. The Bertz CT molecular complexity index is 4690. The molecule has 27 nitrogen and oxygen atoms in total. The first-order chi connectivity index (χ1) is 64.3. The molecule has 5 rings (SSSR count). The van der Waals surface area contributed by atoms with Crippen molar-refractivity contribution in [3.63, 3.8) is 0 Å². The zero-order chi connectivity index (χ0) is 110. The van der Waals surface area contributed by atoms with Gasteiger partial charge < -0.3 is 89.2 Å². The fourth-order valence-electron chi connectivity index (χ4n) is 11.5. The topological polar surface area (TPSA) is 462 Å². The van der Waals surface area contributed by atoms with Crippen molar-refractivity contribution in [3.05, 3.63) is 182 Å². The second-order valence-corrected chi connectivity index (χ2v) is 43.0. The van der Waals surface area contributed by atoms with Crippen molar-refractivity contribution in [2.24, 2.45) is 61.7 Å². The lowest BCUT2D eigenvalue weighted by Crippen LogP contribution is -2.57. The SMILES string of the molecule is CC(C)(C)OC(=O)C[C@@H](Cc1ccc(I)cc1)[C@@H](O)CNCc1c(F)cc(C(N)=CC=NC(F)F)cc1F.CC(C)(C)OC(=O)N[C@H](C(=O)C[C@@H](Cc1ccc(I)cc1)[C@@H](O)CNCc1c(F)cc(C(N)=CC=NC(F)F)cc1F)C(C)(C)C(F)(F)F.CC(C)(C)OC=O.CC(C)(C)OC=O.CC(C)(C)OC=O.CC[C@H](O)[C@@H](CC(=O)OC(C)(C)C)Cc1ccc(I)cc1.C[C@H](C(N)=O)C(C)(C)C(F)(F)F.N.N. The number of hydrogen-bond donors (Lipinski definition) is 11. The van der Waals surface area contributed by atoms with E-state index in [2.05, 4.69) is 108 Å². The summed E-state index contributed by atoms with van der Waals surface area (Å²) < 4.78 is 219. The van der Waals surface area contributed by atoms with Crippen LogP contribution < -0.4 is 45.5 Å². The molecule has 0 radical (unpaired) electrons. The molecule has 143 heavy (non-hydrogen) atoms. The van der Waals surface area contributed by atoms with Gasteiger partial charge in [-0.1, -0.05) is 64.1 Å². The number of aliphatic imine (C=N–C) groups is 2. The van der Waals surface area contributed by atoms with Gasteiger partial charge >= 0.3 is 43.5 Å². The molecule has 0 aliphatic rings. The van der Waals surface area contributed by atoms with Crippen LogP contribution in [0.5, 0.6) is 0 Å². The van der Waals surface area contributed by atoms with Gasteiger partial charge in [0.05, 0.1) is 42.0 Å². The molecule has 0 spiro atoms. The summed E-state index contributed by atoms with van der Waals surface area (Å²) >= 11 is 6.52. The number of ketones is 1. The van der Waals surface area contributed by atoms with E-state index in [0.29, 0.717) is 50.5 Å². The lowest BCUT2D eigenvalue weighted by molar-refractivity contribution is -0.226. The monoisotopic (exact) mass is 2390 g/mol. The standard InChI is InChI=1S/C33H40F7IN4O4.C27H32F4IN3O3.C17H25IO3.C7H12F3NO.3C5H10O2.2H3N/c1-31(2,3)49-30(48)45-28(32(4,5)33(38,39)40)26(46)15-20(12-18-6-8-21(41)9-7-18)27(47)17-43-16-22-23(34)13-19(14-24(22)35)25(42)10-11-44-29(36)37;1-27(2,3)38-25(37)13-18(10-16-4-6-19(32)7-5-16)24(36)15-34-14-20-21(28)11-17(12-22(20)29)23(33)8-9-35-26(30)31;1-5-15(19)13(11-16(20)21-17(2,3)4)10-12-6-8-14(18)9-7-12;1-4(5(11)12)6(2,3)7(8,9)10;3*1-5(2,3)7-4-6;;/h6-11,13-14,20,27-29,43,47H,12,15-17,42H2,1-5H3,(H,45,48);4-9,11-12,18,24,26,34,36H,10,13-15,33H2,1-3H3;6-9,13,15,19H,5,10-11H2,1-4H3;4H,1-3H3,(H2,11,12);3*4H,1-3H3;2*1H3/t20-,27+,28-;18-,24+;13-,15+;4-;;;;;/m1111...../s1. The van der Waals surface area contributed by atoms with Crippen LogP contribution in [0.25, 0.3) is 11.4 Å². The van der Waals surface area contributed by atoms with Gasteiger partial charge in [0.2, 0.25) is 5.91 Å². The first-order valence-electron chi connectivity index (χ1n) is 44.2. The number of nitrogens with one attached hydrogen (secondary N) is 3. The normalized spacial score (nSPS) is 13.9. The molecule has 0 heterocycles. The number of carbonyl (C=O) groups excluding carboxylic acids is 8. The molecule has 0 bridgehead atoms. The van der Waals surface area contributed by atoms with E-state index < -0.39 is 161 Å². The van der Waals surface area contributed by atoms with Crippen LogP contribution in [0, 0.1) is 68.5 Å². The van der Waals surface area contributed by atoms with Crippen LogP contribution in [0.4, 0.5) is 66.3 Å². The Morgan fingerprint density at radius 3 is 0.923 bits per heavy atom. The van der Waals surface area contributed by atoms with Crippen molar-refractivity contribution in [1.29, 1.82) is 0 Å². The zero-order valence-corrected chi connectivity index (χ0v) is 91.8. The van der Waals surface area contributed by atoms with Crippen LogP contribution >= 0.6 is 67.8 Å². The maximum Gasteiger partial charge on any atom is 0.408 e. The van der Waals surface area contributed by atoms with Gasteiger partial charge in [0, 0.05) is 101 Å². The molecule has 18 N–H and O–H groups in total. The second-order valence-electron chi connectivity index (χ2n) is 39.2. The minimum Gasteiger partial charge on any atom is -0.462 e. The van der Waals surface area contributed by atoms with Gasteiger partial charge in [0.1, 0.15) is 62.9 Å². The number of rotatable bonds is 38. The van der Waals surface area contributed by atoms with Gasteiger partial charge in [-0.2, -0.15) is 43.9 Å². The summed E-state index contributed by atoms with van der Waals surface area (Å²) in [5, 5.41) is 39.9. The van der Waals surface area contributed by atoms with E-state index in [9.17, 15) is 115 Å². The number of esters is 2. The fraction of sp³-hybridized carbons (Fsp3) is 0.556. The van der Waals surface area contributed by atoms with E-state index in [-0.39, 0.29) is 108 Å². The highest BCUT2D eigenvalue weighted by molar-refractivity contribution is 14.1. The summed E-state index contributed by atoms with van der Waals surface area (Å²) in [5.41, 5.74) is 9.68. The lowest BCUT2D eigenvalue weighted by Gasteiger charge is -2.37. The average molecular weight is 2390 g/mol. The van der Waals surface area contributed by atoms with Crippen LogP contribution in [0.1, 0.15) is 231 Å². The Balaban J connectivity index is -0.000000898. The van der Waals surface area contributed by atoms with Crippen LogP contribution in [-0.4, -0.2) is 173 Å².